The van der Waals surface area contributed by atoms with Gasteiger partial charge in [-0.2, -0.15) is 0 Å². The molecule has 2 fully saturated rings. The predicted molar refractivity (Wildman–Crippen MR) is 76.9 cm³/mol. The van der Waals surface area contributed by atoms with E-state index in [0.717, 1.165) is 30.5 Å². The van der Waals surface area contributed by atoms with E-state index < -0.39 is 0 Å². The molecule has 0 bridgehead atoms. The second kappa shape index (κ2) is 4.93. The van der Waals surface area contributed by atoms with E-state index in [2.05, 4.69) is 17.0 Å². The maximum atomic E-state index is 6.20. The summed E-state index contributed by atoms with van der Waals surface area (Å²) in [6.45, 7) is 4.66. The number of nitrogens with two attached hydrogens (primary N) is 1. The molecule has 1 aromatic rings. The van der Waals surface area contributed by atoms with Crippen LogP contribution in [-0.4, -0.2) is 37.2 Å². The van der Waals surface area contributed by atoms with Gasteiger partial charge in [-0.25, -0.2) is 0 Å². The van der Waals surface area contributed by atoms with Gasteiger partial charge in [0.05, 0.1) is 0 Å². The molecule has 1 saturated heterocycles. The molecule has 0 radical (unpaired) electrons. The van der Waals surface area contributed by atoms with Crippen molar-refractivity contribution in [3.8, 4) is 11.5 Å². The van der Waals surface area contributed by atoms with Crippen molar-refractivity contribution < 1.29 is 9.47 Å². The van der Waals surface area contributed by atoms with Gasteiger partial charge in [0.15, 0.2) is 11.5 Å². The number of nitrogens with zero attached hydrogens (tertiary/aromatic N) is 1. The van der Waals surface area contributed by atoms with Gasteiger partial charge in [-0.05, 0) is 42.4 Å². The van der Waals surface area contributed by atoms with E-state index in [-0.39, 0.29) is 0 Å². The summed E-state index contributed by atoms with van der Waals surface area (Å²) in [4.78, 5) is 2.54. The zero-order valence-electron chi connectivity index (χ0n) is 11.8. The fourth-order valence-electron chi connectivity index (χ4n) is 3.97. The normalized spacial score (nSPS) is 32.4. The van der Waals surface area contributed by atoms with Crippen LogP contribution >= 0.6 is 0 Å². The van der Waals surface area contributed by atoms with E-state index in [1.54, 1.807) is 0 Å². The maximum Gasteiger partial charge on any atom is 0.161 e. The van der Waals surface area contributed by atoms with Crippen molar-refractivity contribution in [2.45, 2.75) is 25.4 Å². The van der Waals surface area contributed by atoms with Crippen molar-refractivity contribution in [2.75, 3.05) is 26.3 Å². The summed E-state index contributed by atoms with van der Waals surface area (Å²) in [6, 6.07) is 6.74. The number of ether oxygens (including phenoxy) is 2. The summed E-state index contributed by atoms with van der Waals surface area (Å²) in [6.07, 6.45) is 2.52. The average molecular weight is 274 g/mol. The molecule has 0 amide bonds. The van der Waals surface area contributed by atoms with Crippen LogP contribution in [0.2, 0.25) is 0 Å². The first-order valence-electron chi connectivity index (χ1n) is 7.66. The van der Waals surface area contributed by atoms with Crippen molar-refractivity contribution in [3.05, 3.63) is 23.8 Å². The first-order valence-corrected chi connectivity index (χ1v) is 7.66. The van der Waals surface area contributed by atoms with Crippen molar-refractivity contribution in [1.29, 1.82) is 0 Å². The SMILES string of the molecule is NC1CCC2CN(Cc3ccc4c(c3)OCCO4)CC12. The molecule has 3 unspecified atom stereocenters. The predicted octanol–water partition coefficient (Wildman–Crippen LogP) is 1.63. The molecular formula is C16H22N2O2. The minimum absolute atomic E-state index is 0.422. The lowest BCUT2D eigenvalue weighted by Gasteiger charge is -2.21. The number of fused-ring (bicyclic) bond motifs is 2. The Bertz CT molecular complexity index is 505. The number of rotatable bonds is 2. The first-order chi connectivity index (χ1) is 9.79. The number of hydrogen-bond donors (Lipinski definition) is 1. The molecule has 4 rings (SSSR count). The van der Waals surface area contributed by atoms with Crippen LogP contribution in [-0.2, 0) is 6.54 Å². The third-order valence-corrected chi connectivity index (χ3v) is 5.00. The largest absolute Gasteiger partial charge is 0.486 e. The molecule has 3 aliphatic rings. The molecule has 3 atom stereocenters. The second-order valence-corrected chi connectivity index (χ2v) is 6.34. The van der Waals surface area contributed by atoms with Gasteiger partial charge in [-0.15, -0.1) is 0 Å². The Morgan fingerprint density at radius 1 is 1.10 bits per heavy atom. The number of likely N-dealkylation sites (tertiary alicyclic amines) is 1. The summed E-state index contributed by atoms with van der Waals surface area (Å²) < 4.78 is 11.2. The molecule has 108 valence electrons. The molecule has 1 saturated carbocycles. The summed E-state index contributed by atoms with van der Waals surface area (Å²) in [5.74, 6) is 3.31. The van der Waals surface area contributed by atoms with Crippen LogP contribution in [0.5, 0.6) is 11.5 Å². The van der Waals surface area contributed by atoms with Gasteiger partial charge in [0.2, 0.25) is 0 Å². The van der Waals surface area contributed by atoms with E-state index in [0.29, 0.717) is 25.2 Å². The Balaban J connectivity index is 1.45. The molecule has 4 heteroatoms. The summed E-state index contributed by atoms with van der Waals surface area (Å²) in [5, 5.41) is 0. The van der Waals surface area contributed by atoms with Gasteiger partial charge in [-0.3, -0.25) is 4.90 Å². The van der Waals surface area contributed by atoms with Gasteiger partial charge in [-0.1, -0.05) is 6.07 Å². The van der Waals surface area contributed by atoms with Crippen molar-refractivity contribution in [3.63, 3.8) is 0 Å². The molecule has 2 aliphatic heterocycles. The smallest absolute Gasteiger partial charge is 0.161 e. The van der Waals surface area contributed by atoms with E-state index in [9.17, 15) is 0 Å². The Morgan fingerprint density at radius 3 is 2.80 bits per heavy atom. The highest BCUT2D eigenvalue weighted by Crippen LogP contribution is 2.38. The highest BCUT2D eigenvalue weighted by molar-refractivity contribution is 5.43. The zero-order chi connectivity index (χ0) is 13.5. The van der Waals surface area contributed by atoms with Gasteiger partial charge in [0.1, 0.15) is 13.2 Å². The number of hydrogen-bond acceptors (Lipinski definition) is 4. The Kier molecular flexibility index (Phi) is 3.08. The highest BCUT2D eigenvalue weighted by Gasteiger charge is 2.40. The maximum absolute atomic E-state index is 6.20. The van der Waals surface area contributed by atoms with Crippen molar-refractivity contribution in [1.82, 2.24) is 4.90 Å². The van der Waals surface area contributed by atoms with Crippen LogP contribution in [0.25, 0.3) is 0 Å². The Hall–Kier alpha value is -1.26. The second-order valence-electron chi connectivity index (χ2n) is 6.34. The summed E-state index contributed by atoms with van der Waals surface area (Å²) >= 11 is 0. The lowest BCUT2D eigenvalue weighted by molar-refractivity contribution is 0.171. The van der Waals surface area contributed by atoms with Crippen LogP contribution in [0.3, 0.4) is 0 Å². The standard InChI is InChI=1S/C16H22N2O2/c17-14-3-2-12-9-18(10-13(12)14)8-11-1-4-15-16(7-11)20-6-5-19-15/h1,4,7,12-14H,2-3,5-6,8-10,17H2. The lowest BCUT2D eigenvalue weighted by atomic mass is 9.98. The van der Waals surface area contributed by atoms with E-state index in [1.165, 1.54) is 24.9 Å². The van der Waals surface area contributed by atoms with Crippen LogP contribution in [0.1, 0.15) is 18.4 Å². The molecule has 0 aromatic heterocycles. The molecule has 4 nitrogen and oxygen atoms in total. The average Bonchev–Trinajstić information content (AvgIpc) is 3.01. The molecule has 1 aliphatic carbocycles. The minimum Gasteiger partial charge on any atom is -0.486 e. The van der Waals surface area contributed by atoms with Crippen LogP contribution in [0.4, 0.5) is 0 Å². The van der Waals surface area contributed by atoms with Gasteiger partial charge < -0.3 is 15.2 Å². The van der Waals surface area contributed by atoms with Gasteiger partial charge in [0.25, 0.3) is 0 Å². The van der Waals surface area contributed by atoms with Crippen LogP contribution in [0, 0.1) is 11.8 Å². The Labute approximate surface area is 119 Å². The fourth-order valence-corrected chi connectivity index (χ4v) is 3.97. The molecular weight excluding hydrogens is 252 g/mol. The molecule has 20 heavy (non-hydrogen) atoms. The topological polar surface area (TPSA) is 47.7 Å². The van der Waals surface area contributed by atoms with Crippen molar-refractivity contribution >= 4 is 0 Å². The Morgan fingerprint density at radius 2 is 1.95 bits per heavy atom. The minimum atomic E-state index is 0.422. The fraction of sp³-hybridized carbons (Fsp3) is 0.625. The summed E-state index contributed by atoms with van der Waals surface area (Å²) in [7, 11) is 0. The van der Waals surface area contributed by atoms with Crippen molar-refractivity contribution in [2.24, 2.45) is 17.6 Å². The van der Waals surface area contributed by atoms with Gasteiger partial charge >= 0.3 is 0 Å². The molecule has 2 N–H and O–H groups in total. The van der Waals surface area contributed by atoms with E-state index in [1.807, 2.05) is 6.07 Å². The molecule has 1 aromatic carbocycles. The molecule has 2 heterocycles. The number of benzene rings is 1. The third kappa shape index (κ3) is 2.17. The van der Waals surface area contributed by atoms with E-state index >= 15 is 0 Å². The summed E-state index contributed by atoms with van der Waals surface area (Å²) in [5.41, 5.74) is 7.51. The van der Waals surface area contributed by atoms with E-state index in [4.69, 9.17) is 15.2 Å². The quantitative estimate of drug-likeness (QED) is 0.890. The first kappa shape index (κ1) is 12.5. The van der Waals surface area contributed by atoms with Crippen LogP contribution in [0.15, 0.2) is 18.2 Å². The molecule has 0 spiro atoms. The lowest BCUT2D eigenvalue weighted by Crippen LogP contribution is -2.30. The van der Waals surface area contributed by atoms with Gasteiger partial charge in [0, 0.05) is 25.7 Å². The van der Waals surface area contributed by atoms with Crippen LogP contribution < -0.4 is 15.2 Å². The monoisotopic (exact) mass is 274 g/mol. The third-order valence-electron chi connectivity index (χ3n) is 5.00. The highest BCUT2D eigenvalue weighted by atomic mass is 16.6. The zero-order valence-corrected chi connectivity index (χ0v) is 11.8.